The van der Waals surface area contributed by atoms with Gasteiger partial charge in [0.2, 0.25) is 5.91 Å². The number of nitrogens with two attached hydrogens (primary N) is 1. The van der Waals surface area contributed by atoms with Gasteiger partial charge in [0.15, 0.2) is 0 Å². The van der Waals surface area contributed by atoms with Crippen LogP contribution in [0.5, 0.6) is 0 Å². The van der Waals surface area contributed by atoms with E-state index in [1.54, 1.807) is 0 Å². The van der Waals surface area contributed by atoms with Crippen LogP contribution in [0.25, 0.3) is 0 Å². The Morgan fingerprint density at radius 1 is 0.903 bits per heavy atom. The highest BCUT2D eigenvalue weighted by Crippen LogP contribution is 2.49. The third-order valence-corrected chi connectivity index (χ3v) is 7.72. The molecular weight excluding hydrogens is 382 g/mol. The number of rotatable bonds is 7. The van der Waals surface area contributed by atoms with Crippen molar-refractivity contribution in [3.8, 4) is 0 Å². The van der Waals surface area contributed by atoms with Crippen molar-refractivity contribution in [2.24, 2.45) is 11.7 Å². The highest BCUT2D eigenvalue weighted by molar-refractivity contribution is 5.74. The van der Waals surface area contributed by atoms with E-state index in [9.17, 15) is 4.79 Å². The molecule has 1 amide bonds. The van der Waals surface area contributed by atoms with Gasteiger partial charge >= 0.3 is 0 Å². The summed E-state index contributed by atoms with van der Waals surface area (Å²) in [6.07, 6.45) is 5.31. The van der Waals surface area contributed by atoms with Gasteiger partial charge in [-0.1, -0.05) is 67.1 Å². The summed E-state index contributed by atoms with van der Waals surface area (Å²) in [6, 6.07) is 22.8. The van der Waals surface area contributed by atoms with Crippen LogP contribution in [0, 0.1) is 5.92 Å². The van der Waals surface area contributed by atoms with Crippen LogP contribution in [0.15, 0.2) is 60.7 Å². The first-order valence-electron chi connectivity index (χ1n) is 11.9. The second-order valence-corrected chi connectivity index (χ2v) is 9.51. The second kappa shape index (κ2) is 9.54. The van der Waals surface area contributed by atoms with E-state index in [4.69, 9.17) is 5.73 Å². The monoisotopic (exact) mass is 419 g/mol. The Labute approximate surface area is 187 Å². The number of carbonyl (C=O) groups excluding carboxylic acids is 1. The number of piperidine rings is 1. The van der Waals surface area contributed by atoms with Crippen molar-refractivity contribution in [1.29, 1.82) is 0 Å². The molecule has 2 saturated heterocycles. The maximum atomic E-state index is 12.1. The number of hydrogen-bond donors (Lipinski definition) is 1. The molecule has 2 heterocycles. The maximum absolute atomic E-state index is 12.1. The van der Waals surface area contributed by atoms with E-state index in [0.29, 0.717) is 18.5 Å². The number of amides is 1. The Bertz CT molecular complexity index is 804. The lowest BCUT2D eigenvalue weighted by atomic mass is 9.72. The van der Waals surface area contributed by atoms with Crippen molar-refractivity contribution in [1.82, 2.24) is 9.80 Å². The summed E-state index contributed by atoms with van der Waals surface area (Å²) in [6.45, 7) is 7.79. The van der Waals surface area contributed by atoms with Crippen LogP contribution in [-0.4, -0.2) is 47.4 Å². The zero-order chi connectivity index (χ0) is 21.8. The molecule has 2 fully saturated rings. The molecule has 4 rings (SSSR count). The molecular formula is C27H37N3O. The van der Waals surface area contributed by atoms with Crippen LogP contribution in [0.1, 0.15) is 57.1 Å². The Kier molecular flexibility index (Phi) is 6.78. The largest absolute Gasteiger partial charge is 0.370 e. The van der Waals surface area contributed by atoms with Gasteiger partial charge in [-0.05, 0) is 56.7 Å². The molecule has 3 unspecified atom stereocenters. The zero-order valence-corrected chi connectivity index (χ0v) is 19.0. The van der Waals surface area contributed by atoms with Gasteiger partial charge in [0.25, 0.3) is 0 Å². The number of likely N-dealkylation sites (tertiary alicyclic amines) is 2. The molecule has 0 radical (unpaired) electrons. The van der Waals surface area contributed by atoms with E-state index >= 15 is 0 Å². The molecule has 3 atom stereocenters. The molecule has 2 aliphatic rings. The molecule has 31 heavy (non-hydrogen) atoms. The summed E-state index contributed by atoms with van der Waals surface area (Å²) in [7, 11) is 0. The molecule has 0 spiro atoms. The Morgan fingerprint density at radius 2 is 1.45 bits per heavy atom. The van der Waals surface area contributed by atoms with Gasteiger partial charge in [-0.3, -0.25) is 14.6 Å². The van der Waals surface area contributed by atoms with Crippen LogP contribution in [0.3, 0.4) is 0 Å². The van der Waals surface area contributed by atoms with Gasteiger partial charge < -0.3 is 5.73 Å². The maximum Gasteiger partial charge on any atom is 0.217 e. The molecule has 0 saturated carbocycles. The highest BCUT2D eigenvalue weighted by atomic mass is 16.1. The fourth-order valence-electron chi connectivity index (χ4n) is 6.28. The molecule has 0 aromatic heterocycles. The number of primary amides is 1. The number of nitrogens with zero attached hydrogens (tertiary/aromatic N) is 2. The van der Waals surface area contributed by atoms with E-state index < -0.39 is 0 Å². The van der Waals surface area contributed by atoms with Crippen molar-refractivity contribution < 1.29 is 4.79 Å². The van der Waals surface area contributed by atoms with Crippen molar-refractivity contribution in [3.05, 3.63) is 71.8 Å². The van der Waals surface area contributed by atoms with Crippen molar-refractivity contribution in [3.63, 3.8) is 0 Å². The molecule has 2 aromatic carbocycles. The summed E-state index contributed by atoms with van der Waals surface area (Å²) in [4.78, 5) is 17.4. The molecule has 0 aliphatic carbocycles. The smallest absolute Gasteiger partial charge is 0.217 e. The van der Waals surface area contributed by atoms with Crippen LogP contribution in [0.2, 0.25) is 0 Å². The lowest BCUT2D eigenvalue weighted by molar-refractivity contribution is -0.119. The number of benzene rings is 2. The molecule has 4 nitrogen and oxygen atoms in total. The van der Waals surface area contributed by atoms with Crippen molar-refractivity contribution in [2.75, 3.05) is 19.6 Å². The van der Waals surface area contributed by atoms with E-state index in [-0.39, 0.29) is 17.4 Å². The zero-order valence-electron chi connectivity index (χ0n) is 19.0. The van der Waals surface area contributed by atoms with Crippen LogP contribution < -0.4 is 5.73 Å². The molecule has 2 aliphatic heterocycles. The minimum atomic E-state index is -0.320. The average Bonchev–Trinajstić information content (AvgIpc) is 3.12. The Morgan fingerprint density at radius 3 is 1.97 bits per heavy atom. The number of hydrogen-bond acceptors (Lipinski definition) is 3. The molecule has 166 valence electrons. The molecule has 4 heteroatoms. The van der Waals surface area contributed by atoms with E-state index in [1.165, 1.54) is 30.4 Å². The van der Waals surface area contributed by atoms with Crippen molar-refractivity contribution >= 4 is 5.91 Å². The number of carbonyl (C=O) groups is 1. The van der Waals surface area contributed by atoms with Gasteiger partial charge in [0, 0.05) is 31.6 Å². The first-order valence-corrected chi connectivity index (χ1v) is 11.9. The predicted molar refractivity (Wildman–Crippen MR) is 127 cm³/mol. The topological polar surface area (TPSA) is 49.6 Å². The van der Waals surface area contributed by atoms with Gasteiger partial charge in [-0.15, -0.1) is 0 Å². The summed E-state index contributed by atoms with van der Waals surface area (Å²) in [5.41, 5.74) is 7.97. The minimum absolute atomic E-state index is 0.172. The molecule has 2 N–H and O–H groups in total. The summed E-state index contributed by atoms with van der Waals surface area (Å²) in [5.74, 6) is -0.0348. The van der Waals surface area contributed by atoms with Gasteiger partial charge in [0.1, 0.15) is 0 Å². The van der Waals surface area contributed by atoms with Crippen LogP contribution in [0.4, 0.5) is 0 Å². The van der Waals surface area contributed by atoms with E-state index in [0.717, 1.165) is 26.1 Å². The quantitative estimate of drug-likeness (QED) is 0.724. The lowest BCUT2D eigenvalue weighted by Crippen LogP contribution is -2.52. The summed E-state index contributed by atoms with van der Waals surface area (Å²) < 4.78 is 0. The Hall–Kier alpha value is -2.17. The van der Waals surface area contributed by atoms with Gasteiger partial charge in [0.05, 0.1) is 5.54 Å². The third kappa shape index (κ3) is 4.28. The standard InChI is InChI=1S/C27H37N3O/c1-21-10-9-11-22(2)30(21)19-18-29-17-16-25(20-26(28)31)27(29,23-12-5-3-6-13-23)24-14-7-4-8-15-24/h3-8,12-15,21-22,25H,9-11,16-20H2,1-2H3,(H2,28,31). The fourth-order valence-corrected chi connectivity index (χ4v) is 6.28. The average molecular weight is 420 g/mol. The van der Waals surface area contributed by atoms with E-state index in [2.05, 4.69) is 84.3 Å². The molecule has 2 aromatic rings. The third-order valence-electron chi connectivity index (χ3n) is 7.72. The normalized spacial score (nSPS) is 26.7. The highest BCUT2D eigenvalue weighted by Gasteiger charge is 2.51. The fraction of sp³-hybridized carbons (Fsp3) is 0.519. The van der Waals surface area contributed by atoms with E-state index in [1.807, 2.05) is 0 Å². The van der Waals surface area contributed by atoms with Crippen molar-refractivity contribution in [2.45, 2.75) is 63.6 Å². The minimum Gasteiger partial charge on any atom is -0.370 e. The summed E-state index contributed by atoms with van der Waals surface area (Å²) in [5, 5.41) is 0. The second-order valence-electron chi connectivity index (χ2n) is 9.51. The molecule has 0 bridgehead atoms. The Balaban J connectivity index is 1.73. The summed E-state index contributed by atoms with van der Waals surface area (Å²) >= 11 is 0. The van der Waals surface area contributed by atoms with Crippen LogP contribution in [-0.2, 0) is 10.3 Å². The first kappa shape index (κ1) is 22.0. The van der Waals surface area contributed by atoms with Gasteiger partial charge in [-0.2, -0.15) is 0 Å². The predicted octanol–water partition coefficient (Wildman–Crippen LogP) is 4.39. The lowest BCUT2D eigenvalue weighted by Gasteiger charge is -2.46. The SMILES string of the molecule is CC1CCCC(C)N1CCN1CCC(CC(N)=O)C1(c1ccccc1)c1ccccc1. The first-order chi connectivity index (χ1) is 15.0. The van der Waals surface area contributed by atoms with Gasteiger partial charge in [-0.25, -0.2) is 0 Å². The van der Waals surface area contributed by atoms with Crippen LogP contribution >= 0.6 is 0 Å².